The summed E-state index contributed by atoms with van der Waals surface area (Å²) in [5, 5.41) is 0. The molecule has 3 N–H and O–H groups in total. The first-order valence-corrected chi connectivity index (χ1v) is 5.01. The fraction of sp³-hybridized carbons (Fsp3) is 0.333. The molecule has 0 aromatic heterocycles. The lowest BCUT2D eigenvalue weighted by molar-refractivity contribution is 0.136. The molecule has 0 saturated carbocycles. The molecule has 1 rings (SSSR count). The van der Waals surface area contributed by atoms with Crippen LogP contribution in [0.15, 0.2) is 35.2 Å². The summed E-state index contributed by atoms with van der Waals surface area (Å²) in [6.07, 6.45) is 0.927. The molecule has 1 aromatic rings. The summed E-state index contributed by atoms with van der Waals surface area (Å²) in [5.74, 6) is 4.89. The predicted molar refractivity (Wildman–Crippen MR) is 55.1 cm³/mol. The van der Waals surface area contributed by atoms with Crippen LogP contribution < -0.4 is 10.6 Å². The standard InChI is InChI=1S/C9H14N2OS/c10-12-8-4-7-11-13-9-5-2-1-3-6-9/h1-3,5-6,11H,4,7-8,10H2. The van der Waals surface area contributed by atoms with Crippen molar-refractivity contribution in [2.45, 2.75) is 11.3 Å². The monoisotopic (exact) mass is 198 g/mol. The third-order valence-electron chi connectivity index (χ3n) is 1.47. The van der Waals surface area contributed by atoms with Crippen LogP contribution in [0.2, 0.25) is 0 Å². The molecule has 1 aromatic carbocycles. The van der Waals surface area contributed by atoms with Crippen LogP contribution in [-0.4, -0.2) is 13.2 Å². The van der Waals surface area contributed by atoms with Crippen LogP contribution in [0, 0.1) is 0 Å². The number of rotatable bonds is 6. The Morgan fingerprint density at radius 1 is 1.31 bits per heavy atom. The zero-order valence-electron chi connectivity index (χ0n) is 7.40. The van der Waals surface area contributed by atoms with Crippen LogP contribution in [0.3, 0.4) is 0 Å². The van der Waals surface area contributed by atoms with Crippen molar-refractivity contribution < 1.29 is 4.84 Å². The van der Waals surface area contributed by atoms with Crippen molar-refractivity contribution in [2.24, 2.45) is 5.90 Å². The van der Waals surface area contributed by atoms with Gasteiger partial charge in [0.15, 0.2) is 0 Å². The predicted octanol–water partition coefficient (Wildman–Crippen LogP) is 1.56. The molecule has 72 valence electrons. The van der Waals surface area contributed by atoms with Crippen molar-refractivity contribution >= 4 is 11.9 Å². The van der Waals surface area contributed by atoms with Gasteiger partial charge in [-0.3, -0.25) is 4.72 Å². The third-order valence-corrected chi connectivity index (χ3v) is 2.33. The lowest BCUT2D eigenvalue weighted by Crippen LogP contribution is -2.10. The van der Waals surface area contributed by atoms with Gasteiger partial charge in [0.25, 0.3) is 0 Å². The van der Waals surface area contributed by atoms with Crippen LogP contribution in [0.1, 0.15) is 6.42 Å². The first kappa shape index (κ1) is 10.5. The summed E-state index contributed by atoms with van der Waals surface area (Å²) >= 11 is 1.62. The summed E-state index contributed by atoms with van der Waals surface area (Å²) in [5.41, 5.74) is 0. The van der Waals surface area contributed by atoms with E-state index in [1.54, 1.807) is 11.9 Å². The molecular formula is C9H14N2OS. The van der Waals surface area contributed by atoms with Gasteiger partial charge < -0.3 is 4.84 Å². The lowest BCUT2D eigenvalue weighted by Gasteiger charge is -2.02. The maximum atomic E-state index is 4.89. The number of hydrogen-bond acceptors (Lipinski definition) is 4. The van der Waals surface area contributed by atoms with Gasteiger partial charge in [-0.05, 0) is 30.5 Å². The zero-order chi connectivity index (χ0) is 9.36. The van der Waals surface area contributed by atoms with E-state index < -0.39 is 0 Å². The number of benzene rings is 1. The molecule has 3 nitrogen and oxygen atoms in total. The molecule has 0 aliphatic heterocycles. The number of nitrogens with one attached hydrogen (secondary N) is 1. The van der Waals surface area contributed by atoms with E-state index in [2.05, 4.69) is 21.7 Å². The Morgan fingerprint density at radius 3 is 2.77 bits per heavy atom. The van der Waals surface area contributed by atoms with Crippen LogP contribution in [0.5, 0.6) is 0 Å². The molecule has 0 saturated heterocycles. The molecule has 0 amide bonds. The molecule has 0 unspecified atom stereocenters. The molecule has 0 fully saturated rings. The van der Waals surface area contributed by atoms with E-state index in [4.69, 9.17) is 5.90 Å². The molecular weight excluding hydrogens is 184 g/mol. The Labute approximate surface area is 82.7 Å². The Kier molecular flexibility index (Phi) is 5.60. The highest BCUT2D eigenvalue weighted by atomic mass is 32.2. The zero-order valence-corrected chi connectivity index (χ0v) is 8.22. The normalized spacial score (nSPS) is 10.2. The Balaban J connectivity index is 2.07. The average molecular weight is 198 g/mol. The summed E-state index contributed by atoms with van der Waals surface area (Å²) < 4.78 is 3.22. The molecule has 0 radical (unpaired) electrons. The molecule has 13 heavy (non-hydrogen) atoms. The molecule has 0 aliphatic rings. The highest BCUT2D eigenvalue weighted by Crippen LogP contribution is 2.12. The second-order valence-corrected chi connectivity index (χ2v) is 3.50. The van der Waals surface area contributed by atoms with E-state index >= 15 is 0 Å². The van der Waals surface area contributed by atoms with E-state index in [-0.39, 0.29) is 0 Å². The third kappa shape index (κ3) is 4.90. The van der Waals surface area contributed by atoms with E-state index in [0.29, 0.717) is 6.61 Å². The van der Waals surface area contributed by atoms with Gasteiger partial charge >= 0.3 is 0 Å². The fourth-order valence-corrected chi connectivity index (χ4v) is 1.56. The van der Waals surface area contributed by atoms with Crippen LogP contribution in [0.25, 0.3) is 0 Å². The van der Waals surface area contributed by atoms with Gasteiger partial charge in [-0.15, -0.1) is 0 Å². The second kappa shape index (κ2) is 6.91. The smallest absolute Gasteiger partial charge is 0.0691 e. The summed E-state index contributed by atoms with van der Waals surface area (Å²) in [4.78, 5) is 5.66. The average Bonchev–Trinajstić information content (AvgIpc) is 2.19. The van der Waals surface area contributed by atoms with Gasteiger partial charge in [-0.1, -0.05) is 18.2 Å². The second-order valence-electron chi connectivity index (χ2n) is 2.53. The fourth-order valence-electron chi connectivity index (χ4n) is 0.851. The highest BCUT2D eigenvalue weighted by Gasteiger charge is 1.90. The molecule has 0 atom stereocenters. The Hall–Kier alpha value is -0.550. The molecule has 0 aliphatic carbocycles. The van der Waals surface area contributed by atoms with Gasteiger partial charge in [0.05, 0.1) is 6.61 Å². The Morgan fingerprint density at radius 2 is 2.08 bits per heavy atom. The van der Waals surface area contributed by atoms with Gasteiger partial charge in [0.1, 0.15) is 0 Å². The minimum Gasteiger partial charge on any atom is -0.305 e. The van der Waals surface area contributed by atoms with Crippen molar-refractivity contribution in [2.75, 3.05) is 13.2 Å². The van der Waals surface area contributed by atoms with E-state index in [9.17, 15) is 0 Å². The van der Waals surface area contributed by atoms with Gasteiger partial charge in [0, 0.05) is 11.4 Å². The van der Waals surface area contributed by atoms with Crippen LogP contribution >= 0.6 is 11.9 Å². The maximum absolute atomic E-state index is 4.89. The van der Waals surface area contributed by atoms with E-state index in [1.807, 2.05) is 18.2 Å². The molecule has 4 heteroatoms. The van der Waals surface area contributed by atoms with Crippen molar-refractivity contribution in [1.82, 2.24) is 4.72 Å². The van der Waals surface area contributed by atoms with Gasteiger partial charge in [-0.2, -0.15) is 0 Å². The summed E-state index contributed by atoms with van der Waals surface area (Å²) in [7, 11) is 0. The molecule has 0 heterocycles. The minimum absolute atomic E-state index is 0.600. The summed E-state index contributed by atoms with van der Waals surface area (Å²) in [6, 6.07) is 10.2. The SMILES string of the molecule is NOCCCNSc1ccccc1. The Bertz CT molecular complexity index is 218. The van der Waals surface area contributed by atoms with Gasteiger partial charge in [-0.25, -0.2) is 5.90 Å². The quantitative estimate of drug-likeness (QED) is 0.414. The van der Waals surface area contributed by atoms with Crippen molar-refractivity contribution in [1.29, 1.82) is 0 Å². The van der Waals surface area contributed by atoms with Crippen molar-refractivity contribution in [3.63, 3.8) is 0 Å². The topological polar surface area (TPSA) is 47.3 Å². The molecule has 0 spiro atoms. The largest absolute Gasteiger partial charge is 0.305 e. The van der Waals surface area contributed by atoms with Crippen LogP contribution in [-0.2, 0) is 4.84 Å². The van der Waals surface area contributed by atoms with Gasteiger partial charge in [0.2, 0.25) is 0 Å². The van der Waals surface area contributed by atoms with Crippen molar-refractivity contribution in [3.8, 4) is 0 Å². The first-order chi connectivity index (χ1) is 6.43. The minimum atomic E-state index is 0.600. The van der Waals surface area contributed by atoms with Crippen molar-refractivity contribution in [3.05, 3.63) is 30.3 Å². The summed E-state index contributed by atoms with van der Waals surface area (Å²) in [6.45, 7) is 1.50. The molecule has 0 bridgehead atoms. The van der Waals surface area contributed by atoms with Crippen LogP contribution in [0.4, 0.5) is 0 Å². The number of hydrogen-bond donors (Lipinski definition) is 2. The first-order valence-electron chi connectivity index (χ1n) is 4.20. The highest BCUT2D eigenvalue weighted by molar-refractivity contribution is 7.97. The van der Waals surface area contributed by atoms with E-state index in [0.717, 1.165) is 13.0 Å². The van der Waals surface area contributed by atoms with E-state index in [1.165, 1.54) is 4.90 Å². The number of nitrogens with two attached hydrogens (primary N) is 1. The lowest BCUT2D eigenvalue weighted by atomic mass is 10.4. The maximum Gasteiger partial charge on any atom is 0.0691 e.